The highest BCUT2D eigenvalue weighted by atomic mass is 16.5. The van der Waals surface area contributed by atoms with Gasteiger partial charge in [-0.2, -0.15) is 0 Å². The zero-order valence-corrected chi connectivity index (χ0v) is 8.49. The molecule has 0 fully saturated rings. The van der Waals surface area contributed by atoms with Crippen LogP contribution in [0.25, 0.3) is 0 Å². The second kappa shape index (κ2) is 5.40. The number of hydrogen-bond acceptors (Lipinski definition) is 3. The predicted molar refractivity (Wildman–Crippen MR) is 54.6 cm³/mol. The van der Waals surface area contributed by atoms with Gasteiger partial charge < -0.3 is 4.74 Å². The third-order valence-corrected chi connectivity index (χ3v) is 1.96. The van der Waals surface area contributed by atoms with Crippen molar-refractivity contribution in [2.45, 2.75) is 19.9 Å². The minimum atomic E-state index is -0.266. The van der Waals surface area contributed by atoms with E-state index in [1.54, 1.807) is 0 Å². The second-order valence-corrected chi connectivity index (χ2v) is 3.12. The van der Waals surface area contributed by atoms with Crippen molar-refractivity contribution < 1.29 is 9.53 Å². The van der Waals surface area contributed by atoms with Crippen LogP contribution in [0.1, 0.15) is 25.5 Å². The van der Waals surface area contributed by atoms with Gasteiger partial charge in [-0.1, -0.05) is 30.3 Å². The molecule has 1 rings (SSSR count). The molecule has 0 aromatic heterocycles. The minimum Gasteiger partial charge on any atom is -0.450 e. The molecule has 0 saturated carbocycles. The van der Waals surface area contributed by atoms with Crippen LogP contribution >= 0.6 is 0 Å². The number of nitrogens with one attached hydrogen (secondary N) is 1. The van der Waals surface area contributed by atoms with Crippen LogP contribution < -0.4 is 5.32 Å². The minimum absolute atomic E-state index is 0.190. The SMILES string of the molecule is CC(=O)OCNC(C)c1ccccc1. The normalized spacial score (nSPS) is 12.1. The van der Waals surface area contributed by atoms with Crippen molar-refractivity contribution in [3.05, 3.63) is 35.9 Å². The van der Waals surface area contributed by atoms with Gasteiger partial charge in [0, 0.05) is 13.0 Å². The molecule has 1 N–H and O–H groups in total. The van der Waals surface area contributed by atoms with Crippen molar-refractivity contribution >= 4 is 5.97 Å². The van der Waals surface area contributed by atoms with Crippen molar-refractivity contribution in [1.29, 1.82) is 0 Å². The average molecular weight is 193 g/mol. The van der Waals surface area contributed by atoms with Gasteiger partial charge >= 0.3 is 5.97 Å². The molecule has 1 unspecified atom stereocenters. The fourth-order valence-corrected chi connectivity index (χ4v) is 1.13. The van der Waals surface area contributed by atoms with E-state index in [0.29, 0.717) is 0 Å². The third kappa shape index (κ3) is 3.58. The first-order valence-electron chi connectivity index (χ1n) is 4.62. The number of benzene rings is 1. The van der Waals surface area contributed by atoms with Gasteiger partial charge in [0.15, 0.2) is 0 Å². The van der Waals surface area contributed by atoms with Crippen molar-refractivity contribution in [2.75, 3.05) is 6.73 Å². The molecule has 0 radical (unpaired) electrons. The predicted octanol–water partition coefficient (Wildman–Crippen LogP) is 1.86. The average Bonchev–Trinajstić information content (AvgIpc) is 2.18. The Bertz CT molecular complexity index is 285. The van der Waals surface area contributed by atoms with Crippen molar-refractivity contribution in [3.63, 3.8) is 0 Å². The van der Waals surface area contributed by atoms with Gasteiger partial charge in [0.2, 0.25) is 0 Å². The van der Waals surface area contributed by atoms with Gasteiger partial charge in [0.1, 0.15) is 6.73 Å². The molecule has 76 valence electrons. The standard InChI is InChI=1S/C11H15NO2/c1-9(12-8-14-10(2)13)11-6-4-3-5-7-11/h3-7,9,12H,8H2,1-2H3. The molecule has 0 aliphatic carbocycles. The van der Waals surface area contributed by atoms with E-state index < -0.39 is 0 Å². The highest BCUT2D eigenvalue weighted by molar-refractivity contribution is 5.65. The van der Waals surface area contributed by atoms with E-state index in [0.717, 1.165) is 0 Å². The van der Waals surface area contributed by atoms with E-state index in [4.69, 9.17) is 4.74 Å². The Morgan fingerprint density at radius 3 is 2.64 bits per heavy atom. The van der Waals surface area contributed by atoms with Gasteiger partial charge in [0.05, 0.1) is 0 Å². The lowest BCUT2D eigenvalue weighted by Gasteiger charge is -2.13. The zero-order chi connectivity index (χ0) is 10.4. The van der Waals surface area contributed by atoms with Crippen LogP contribution in [0, 0.1) is 0 Å². The summed E-state index contributed by atoms with van der Waals surface area (Å²) in [4.78, 5) is 10.5. The highest BCUT2D eigenvalue weighted by Crippen LogP contribution is 2.10. The summed E-state index contributed by atoms with van der Waals surface area (Å²) in [6.45, 7) is 3.68. The molecule has 0 amide bonds. The van der Waals surface area contributed by atoms with E-state index in [2.05, 4.69) is 5.32 Å². The van der Waals surface area contributed by atoms with Crippen molar-refractivity contribution in [1.82, 2.24) is 5.32 Å². The lowest BCUT2D eigenvalue weighted by atomic mass is 10.1. The van der Waals surface area contributed by atoms with Crippen LogP contribution in [-0.4, -0.2) is 12.7 Å². The lowest BCUT2D eigenvalue weighted by Crippen LogP contribution is -2.23. The molecule has 0 spiro atoms. The van der Waals surface area contributed by atoms with Crippen LogP contribution in [0.3, 0.4) is 0 Å². The Morgan fingerprint density at radius 2 is 2.07 bits per heavy atom. The first kappa shape index (κ1) is 10.7. The van der Waals surface area contributed by atoms with E-state index >= 15 is 0 Å². The largest absolute Gasteiger partial charge is 0.450 e. The maximum absolute atomic E-state index is 10.5. The Morgan fingerprint density at radius 1 is 1.43 bits per heavy atom. The van der Waals surface area contributed by atoms with Gasteiger partial charge in [-0.15, -0.1) is 0 Å². The smallest absolute Gasteiger partial charge is 0.303 e. The molecule has 0 aliphatic rings. The van der Waals surface area contributed by atoms with E-state index in [1.165, 1.54) is 12.5 Å². The first-order valence-corrected chi connectivity index (χ1v) is 4.62. The van der Waals surface area contributed by atoms with Crippen molar-refractivity contribution in [3.8, 4) is 0 Å². The van der Waals surface area contributed by atoms with Crippen molar-refractivity contribution in [2.24, 2.45) is 0 Å². The number of carbonyl (C=O) groups excluding carboxylic acids is 1. The quantitative estimate of drug-likeness (QED) is 0.586. The maximum Gasteiger partial charge on any atom is 0.303 e. The zero-order valence-electron chi connectivity index (χ0n) is 8.49. The van der Waals surface area contributed by atoms with Crippen LogP contribution in [0.2, 0.25) is 0 Å². The fourth-order valence-electron chi connectivity index (χ4n) is 1.13. The summed E-state index contributed by atoms with van der Waals surface area (Å²) < 4.78 is 4.78. The van der Waals surface area contributed by atoms with Gasteiger partial charge in [-0.05, 0) is 12.5 Å². The van der Waals surface area contributed by atoms with Crippen LogP contribution in [0.5, 0.6) is 0 Å². The van der Waals surface area contributed by atoms with Gasteiger partial charge in [-0.25, -0.2) is 0 Å². The molecule has 0 bridgehead atoms. The number of rotatable bonds is 4. The van der Waals surface area contributed by atoms with E-state index in [1.807, 2.05) is 37.3 Å². The number of hydrogen-bond donors (Lipinski definition) is 1. The maximum atomic E-state index is 10.5. The Kier molecular flexibility index (Phi) is 4.13. The Labute approximate surface area is 84.1 Å². The third-order valence-electron chi connectivity index (χ3n) is 1.96. The van der Waals surface area contributed by atoms with E-state index in [9.17, 15) is 4.79 Å². The first-order chi connectivity index (χ1) is 6.70. The Hall–Kier alpha value is -1.35. The molecule has 14 heavy (non-hydrogen) atoms. The monoisotopic (exact) mass is 193 g/mol. The molecular formula is C11H15NO2. The van der Waals surface area contributed by atoms with Gasteiger partial charge in [-0.3, -0.25) is 10.1 Å². The number of esters is 1. The molecule has 0 saturated heterocycles. The van der Waals surface area contributed by atoms with E-state index in [-0.39, 0.29) is 18.7 Å². The summed E-state index contributed by atoms with van der Waals surface area (Å²) in [5.74, 6) is -0.266. The molecule has 3 nitrogen and oxygen atoms in total. The van der Waals surface area contributed by atoms with Crippen LogP contribution in [-0.2, 0) is 9.53 Å². The molecule has 0 aliphatic heterocycles. The summed E-state index contributed by atoms with van der Waals surface area (Å²) in [7, 11) is 0. The summed E-state index contributed by atoms with van der Waals surface area (Å²) in [6.07, 6.45) is 0. The Balaban J connectivity index is 2.36. The summed E-state index contributed by atoms with van der Waals surface area (Å²) in [5.41, 5.74) is 1.18. The molecule has 3 heteroatoms. The van der Waals surface area contributed by atoms with Crippen LogP contribution in [0.15, 0.2) is 30.3 Å². The molecular weight excluding hydrogens is 178 g/mol. The number of ether oxygens (including phenoxy) is 1. The molecule has 1 aromatic rings. The summed E-state index contributed by atoms with van der Waals surface area (Å²) in [5, 5.41) is 3.09. The molecule has 1 aromatic carbocycles. The topological polar surface area (TPSA) is 38.3 Å². The molecule has 1 atom stereocenters. The molecule has 0 heterocycles. The summed E-state index contributed by atoms with van der Waals surface area (Å²) in [6, 6.07) is 10.2. The van der Waals surface area contributed by atoms with Crippen LogP contribution in [0.4, 0.5) is 0 Å². The highest BCUT2D eigenvalue weighted by Gasteiger charge is 2.03. The second-order valence-electron chi connectivity index (χ2n) is 3.12. The fraction of sp³-hybridized carbons (Fsp3) is 0.364. The summed E-state index contributed by atoms with van der Waals surface area (Å²) >= 11 is 0. The van der Waals surface area contributed by atoms with Gasteiger partial charge in [0.25, 0.3) is 0 Å². The lowest BCUT2D eigenvalue weighted by molar-refractivity contribution is -0.141. The number of carbonyl (C=O) groups is 1.